The number of halogens is 1. The van der Waals surface area contributed by atoms with Gasteiger partial charge in [-0.1, -0.05) is 87.8 Å². The molecule has 0 atom stereocenters. The molecule has 2 N–H and O–H groups in total. The minimum atomic E-state index is -0.987. The molecule has 0 spiro atoms. The van der Waals surface area contributed by atoms with E-state index in [-0.39, 0.29) is 53.7 Å². The fourth-order valence-electron chi connectivity index (χ4n) is 6.16. The maximum Gasteiger partial charge on any atom is 0.163 e. The molecule has 3 aromatic carbocycles. The lowest BCUT2D eigenvalue weighted by molar-refractivity contribution is -0.119. The van der Waals surface area contributed by atoms with Gasteiger partial charge < -0.3 is 14.9 Å². The second kappa shape index (κ2) is 10.4. The number of aliphatic hydroxyl groups excluding tert-OH is 2. The Morgan fingerprint density at radius 2 is 1.32 bits per heavy atom. The third kappa shape index (κ3) is 5.40. The van der Waals surface area contributed by atoms with Crippen LogP contribution in [-0.4, -0.2) is 21.8 Å². The number of benzene rings is 3. The Labute approximate surface area is 240 Å². The van der Waals surface area contributed by atoms with Crippen molar-refractivity contribution in [2.45, 2.75) is 65.9 Å². The molecule has 0 fully saturated rings. The van der Waals surface area contributed by atoms with E-state index in [1.165, 1.54) is 0 Å². The highest BCUT2D eigenvalue weighted by molar-refractivity contribution is 6.31. The third-order valence-corrected chi connectivity index (χ3v) is 8.30. The summed E-state index contributed by atoms with van der Waals surface area (Å²) in [5.74, 6) is -1.09. The summed E-state index contributed by atoms with van der Waals surface area (Å²) in [5, 5.41) is 25.0. The van der Waals surface area contributed by atoms with Crippen LogP contribution in [0.2, 0.25) is 5.02 Å². The first-order valence-electron chi connectivity index (χ1n) is 13.7. The molecule has 208 valence electrons. The van der Waals surface area contributed by atoms with Gasteiger partial charge in [0.25, 0.3) is 0 Å². The summed E-state index contributed by atoms with van der Waals surface area (Å²) in [6, 6.07) is 18.8. The summed E-state index contributed by atoms with van der Waals surface area (Å²) < 4.78 is 6.38. The Bertz CT molecular complexity index is 1520. The molecule has 3 aromatic rings. The smallest absolute Gasteiger partial charge is 0.163 e. The topological polar surface area (TPSA) is 83.8 Å². The number of carbonyl (C=O) groups excluding carboxylic acids is 2. The van der Waals surface area contributed by atoms with Crippen LogP contribution in [0.4, 0.5) is 0 Å². The van der Waals surface area contributed by atoms with Crippen molar-refractivity contribution in [2.24, 2.45) is 10.8 Å². The van der Waals surface area contributed by atoms with Crippen LogP contribution in [0.25, 0.3) is 10.8 Å². The molecular weight excluding hydrogens is 524 g/mol. The first kappa shape index (κ1) is 28.0. The maximum absolute atomic E-state index is 13.8. The molecule has 0 saturated heterocycles. The van der Waals surface area contributed by atoms with Gasteiger partial charge in [0, 0.05) is 53.0 Å². The lowest BCUT2D eigenvalue weighted by Gasteiger charge is -2.37. The van der Waals surface area contributed by atoms with Crippen LogP contribution in [0.5, 0.6) is 5.75 Å². The number of hydrogen-bond donors (Lipinski definition) is 2. The predicted molar refractivity (Wildman–Crippen MR) is 158 cm³/mol. The Morgan fingerprint density at radius 3 is 1.90 bits per heavy atom. The van der Waals surface area contributed by atoms with Crippen molar-refractivity contribution in [3.63, 3.8) is 0 Å². The SMILES string of the molecule is CC1(C)CC(=O)C(C(C2=C(O)CC(C)(C)CC2=O)c2c(OCc3ccccc3Cl)ccc3ccccc23)=C(O)C1. The van der Waals surface area contributed by atoms with Crippen molar-refractivity contribution in [3.05, 3.63) is 99.5 Å². The molecule has 2 aliphatic rings. The lowest BCUT2D eigenvalue weighted by atomic mass is 9.66. The van der Waals surface area contributed by atoms with Crippen molar-refractivity contribution in [2.75, 3.05) is 0 Å². The molecule has 5 nitrogen and oxygen atoms in total. The lowest BCUT2D eigenvalue weighted by Crippen LogP contribution is -2.33. The highest BCUT2D eigenvalue weighted by Crippen LogP contribution is 2.51. The van der Waals surface area contributed by atoms with Crippen LogP contribution in [0.1, 0.15) is 70.4 Å². The van der Waals surface area contributed by atoms with Gasteiger partial charge in [-0.05, 0) is 33.7 Å². The number of allylic oxidation sites excluding steroid dienone is 4. The second-order valence-corrected chi connectivity index (χ2v) is 13.0. The number of ether oxygens (including phenoxy) is 1. The van der Waals surface area contributed by atoms with Gasteiger partial charge in [0.05, 0.1) is 5.92 Å². The fourth-order valence-corrected chi connectivity index (χ4v) is 6.35. The molecule has 6 heteroatoms. The van der Waals surface area contributed by atoms with Crippen molar-refractivity contribution in [1.82, 2.24) is 0 Å². The Hall–Kier alpha value is -3.57. The van der Waals surface area contributed by atoms with E-state index in [0.717, 1.165) is 16.3 Å². The van der Waals surface area contributed by atoms with Crippen LogP contribution < -0.4 is 4.74 Å². The maximum atomic E-state index is 13.8. The number of rotatable bonds is 6. The molecule has 0 radical (unpaired) electrons. The number of Topliss-reactive ketones (excluding diaryl/α,β-unsaturated/α-hetero) is 2. The van der Waals surface area contributed by atoms with Crippen LogP contribution in [0.3, 0.4) is 0 Å². The quantitative estimate of drug-likeness (QED) is 0.316. The Morgan fingerprint density at radius 1 is 0.775 bits per heavy atom. The second-order valence-electron chi connectivity index (χ2n) is 12.6. The fraction of sp³-hybridized carbons (Fsp3) is 0.353. The standard InChI is InChI=1S/C34H35ClO5/c1-33(2)15-24(36)30(25(37)16-33)32(31-26(38)17-34(3,4)18-27(31)39)29-22-11-7-5-9-20(22)13-14-28(29)40-19-21-10-6-8-12-23(21)35/h5-14,32,36,38H,15-19H2,1-4H3. The summed E-state index contributed by atoms with van der Waals surface area (Å²) >= 11 is 6.41. The highest BCUT2D eigenvalue weighted by atomic mass is 35.5. The zero-order valence-corrected chi connectivity index (χ0v) is 24.1. The molecule has 0 amide bonds. The van der Waals surface area contributed by atoms with E-state index in [4.69, 9.17) is 16.3 Å². The van der Waals surface area contributed by atoms with E-state index >= 15 is 0 Å². The molecular formula is C34H35ClO5. The molecule has 40 heavy (non-hydrogen) atoms. The molecule has 0 saturated carbocycles. The van der Waals surface area contributed by atoms with Crippen LogP contribution in [-0.2, 0) is 16.2 Å². The van der Waals surface area contributed by atoms with Crippen molar-refractivity contribution in [1.29, 1.82) is 0 Å². The van der Waals surface area contributed by atoms with Gasteiger partial charge in [0.1, 0.15) is 23.9 Å². The summed E-state index contributed by atoms with van der Waals surface area (Å²) in [6.07, 6.45) is 1.02. The minimum Gasteiger partial charge on any atom is -0.512 e. The Kier molecular flexibility index (Phi) is 7.30. The van der Waals surface area contributed by atoms with E-state index < -0.39 is 16.7 Å². The van der Waals surface area contributed by atoms with E-state index in [1.54, 1.807) is 6.07 Å². The average Bonchev–Trinajstić information content (AvgIpc) is 2.85. The van der Waals surface area contributed by atoms with Crippen molar-refractivity contribution < 1.29 is 24.5 Å². The van der Waals surface area contributed by atoms with Gasteiger partial charge in [-0.15, -0.1) is 0 Å². The first-order chi connectivity index (χ1) is 18.9. The van der Waals surface area contributed by atoms with Gasteiger partial charge in [0.15, 0.2) is 11.6 Å². The molecule has 0 aromatic heterocycles. The van der Waals surface area contributed by atoms with Gasteiger partial charge >= 0.3 is 0 Å². The van der Waals surface area contributed by atoms with Gasteiger partial charge in [-0.2, -0.15) is 0 Å². The molecule has 0 bridgehead atoms. The molecule has 0 aliphatic heterocycles. The van der Waals surface area contributed by atoms with Crippen molar-refractivity contribution in [3.8, 4) is 5.75 Å². The minimum absolute atomic E-state index is 0.0471. The molecule has 5 rings (SSSR count). The molecule has 2 aliphatic carbocycles. The van der Waals surface area contributed by atoms with E-state index in [2.05, 4.69) is 0 Å². The van der Waals surface area contributed by atoms with Crippen molar-refractivity contribution >= 4 is 33.9 Å². The zero-order chi connectivity index (χ0) is 28.8. The highest BCUT2D eigenvalue weighted by Gasteiger charge is 2.45. The summed E-state index contributed by atoms with van der Waals surface area (Å²) in [5.41, 5.74) is 0.837. The number of aliphatic hydroxyl groups is 2. The normalized spacial score (nSPS) is 19.1. The summed E-state index contributed by atoms with van der Waals surface area (Å²) in [4.78, 5) is 27.6. The van der Waals surface area contributed by atoms with E-state index in [1.807, 2.05) is 82.3 Å². The Balaban J connectivity index is 1.78. The average molecular weight is 559 g/mol. The molecule has 0 unspecified atom stereocenters. The third-order valence-electron chi connectivity index (χ3n) is 7.93. The van der Waals surface area contributed by atoms with E-state index in [9.17, 15) is 19.8 Å². The summed E-state index contributed by atoms with van der Waals surface area (Å²) in [6.45, 7) is 7.92. The van der Waals surface area contributed by atoms with E-state index in [0.29, 0.717) is 29.2 Å². The predicted octanol–water partition coefficient (Wildman–Crippen LogP) is 8.56. The van der Waals surface area contributed by atoms with Crippen LogP contribution in [0, 0.1) is 10.8 Å². The first-order valence-corrected chi connectivity index (χ1v) is 14.0. The summed E-state index contributed by atoms with van der Waals surface area (Å²) in [7, 11) is 0. The number of carbonyl (C=O) groups is 2. The largest absolute Gasteiger partial charge is 0.512 e. The van der Waals surface area contributed by atoms with Gasteiger partial charge in [0.2, 0.25) is 0 Å². The van der Waals surface area contributed by atoms with Crippen LogP contribution >= 0.6 is 11.6 Å². The molecule has 0 heterocycles. The zero-order valence-electron chi connectivity index (χ0n) is 23.4. The number of fused-ring (bicyclic) bond motifs is 1. The number of ketones is 2. The van der Waals surface area contributed by atoms with Crippen LogP contribution in [0.15, 0.2) is 83.3 Å². The van der Waals surface area contributed by atoms with Gasteiger partial charge in [-0.3, -0.25) is 9.59 Å². The van der Waals surface area contributed by atoms with Gasteiger partial charge in [-0.25, -0.2) is 0 Å². The monoisotopic (exact) mass is 558 g/mol. The number of hydrogen-bond acceptors (Lipinski definition) is 5.